The number of carbonyl (C=O) groups is 1. The Morgan fingerprint density at radius 1 is 1.50 bits per heavy atom. The van der Waals surface area contributed by atoms with Gasteiger partial charge >= 0.3 is 0 Å². The molecule has 3 rings (SSSR count). The highest BCUT2D eigenvalue weighted by Crippen LogP contribution is 2.41. The molecule has 1 aromatic rings. The molecule has 0 N–H and O–H groups in total. The number of amides is 1. The maximum absolute atomic E-state index is 11.8. The zero-order valence-electron chi connectivity index (χ0n) is 12.9. The van der Waals surface area contributed by atoms with Crippen molar-refractivity contribution in [3.05, 3.63) is 24.4 Å². The van der Waals surface area contributed by atoms with Gasteiger partial charge in [0.15, 0.2) is 0 Å². The van der Waals surface area contributed by atoms with Crippen LogP contribution in [0.25, 0.3) is 0 Å². The van der Waals surface area contributed by atoms with Crippen molar-refractivity contribution in [3.63, 3.8) is 0 Å². The molecular formula is C16H22N2O4. The van der Waals surface area contributed by atoms with Gasteiger partial charge in [-0.15, -0.1) is 0 Å². The predicted molar refractivity (Wildman–Crippen MR) is 79.6 cm³/mol. The summed E-state index contributed by atoms with van der Waals surface area (Å²) in [6.45, 7) is 2.87. The van der Waals surface area contributed by atoms with Crippen molar-refractivity contribution in [2.24, 2.45) is 5.92 Å². The van der Waals surface area contributed by atoms with Crippen molar-refractivity contribution >= 4 is 5.91 Å². The zero-order chi connectivity index (χ0) is 15.4. The van der Waals surface area contributed by atoms with Gasteiger partial charge in [0.1, 0.15) is 12.2 Å². The minimum atomic E-state index is -0.170. The third-order valence-electron chi connectivity index (χ3n) is 4.49. The SMILES string of the molecule is COCC(=O)N1CC2(C1)OCC[C@H]2CCOc1ccccn1. The second-order valence-corrected chi connectivity index (χ2v) is 5.89. The summed E-state index contributed by atoms with van der Waals surface area (Å²) in [7, 11) is 1.54. The van der Waals surface area contributed by atoms with Crippen LogP contribution < -0.4 is 4.74 Å². The Morgan fingerprint density at radius 2 is 2.36 bits per heavy atom. The largest absolute Gasteiger partial charge is 0.478 e. The quantitative estimate of drug-likeness (QED) is 0.788. The van der Waals surface area contributed by atoms with E-state index in [2.05, 4.69) is 4.98 Å². The summed E-state index contributed by atoms with van der Waals surface area (Å²) in [5.41, 5.74) is -0.170. The smallest absolute Gasteiger partial charge is 0.248 e. The molecule has 0 unspecified atom stereocenters. The van der Waals surface area contributed by atoms with Crippen LogP contribution in [0.2, 0.25) is 0 Å². The number of hydrogen-bond donors (Lipinski definition) is 0. The van der Waals surface area contributed by atoms with Crippen molar-refractivity contribution in [1.82, 2.24) is 9.88 Å². The van der Waals surface area contributed by atoms with Crippen LogP contribution in [0, 0.1) is 5.92 Å². The molecule has 2 saturated heterocycles. The fraction of sp³-hybridized carbons (Fsp3) is 0.625. The number of nitrogens with zero attached hydrogens (tertiary/aromatic N) is 2. The van der Waals surface area contributed by atoms with Crippen LogP contribution in [0.3, 0.4) is 0 Å². The number of rotatable bonds is 6. The fourth-order valence-corrected chi connectivity index (χ4v) is 3.27. The Hall–Kier alpha value is -1.66. The molecule has 1 amide bonds. The first kappa shape index (κ1) is 15.2. The maximum Gasteiger partial charge on any atom is 0.248 e. The average molecular weight is 306 g/mol. The van der Waals surface area contributed by atoms with Crippen LogP contribution >= 0.6 is 0 Å². The number of aromatic nitrogens is 1. The van der Waals surface area contributed by atoms with Crippen LogP contribution in [-0.2, 0) is 14.3 Å². The van der Waals surface area contributed by atoms with Crippen molar-refractivity contribution < 1.29 is 19.0 Å². The van der Waals surface area contributed by atoms with Crippen LogP contribution in [0.1, 0.15) is 12.8 Å². The highest BCUT2D eigenvalue weighted by Gasteiger charge is 2.53. The second-order valence-electron chi connectivity index (χ2n) is 5.89. The summed E-state index contributed by atoms with van der Waals surface area (Å²) >= 11 is 0. The van der Waals surface area contributed by atoms with E-state index < -0.39 is 0 Å². The Labute approximate surface area is 130 Å². The molecule has 6 heteroatoms. The van der Waals surface area contributed by atoms with Gasteiger partial charge in [-0.25, -0.2) is 4.98 Å². The van der Waals surface area contributed by atoms with Gasteiger partial charge in [-0.2, -0.15) is 0 Å². The van der Waals surface area contributed by atoms with Gasteiger partial charge in [-0.05, 0) is 24.8 Å². The molecule has 120 valence electrons. The van der Waals surface area contributed by atoms with Crippen molar-refractivity contribution in [2.45, 2.75) is 18.4 Å². The monoisotopic (exact) mass is 306 g/mol. The van der Waals surface area contributed by atoms with Gasteiger partial charge in [0, 0.05) is 26.0 Å². The van der Waals surface area contributed by atoms with E-state index in [1.165, 1.54) is 7.11 Å². The minimum absolute atomic E-state index is 0.0344. The lowest BCUT2D eigenvalue weighted by molar-refractivity contribution is -0.168. The number of likely N-dealkylation sites (tertiary alicyclic amines) is 1. The molecule has 6 nitrogen and oxygen atoms in total. The van der Waals surface area contributed by atoms with E-state index in [0.717, 1.165) is 19.4 Å². The topological polar surface area (TPSA) is 60.9 Å². The third kappa shape index (κ3) is 3.08. The van der Waals surface area contributed by atoms with Crippen molar-refractivity contribution in [1.29, 1.82) is 0 Å². The summed E-state index contributed by atoms with van der Waals surface area (Å²) < 4.78 is 16.5. The third-order valence-corrected chi connectivity index (χ3v) is 4.49. The molecule has 3 heterocycles. The standard InChI is InChI=1S/C16H22N2O4/c1-20-10-15(19)18-11-16(12-18)13(6-9-22-16)5-8-21-14-4-2-3-7-17-14/h2-4,7,13H,5-6,8-12H2,1H3/t13-/m1/s1. The molecule has 1 spiro atoms. The Balaban J connectivity index is 1.47. The lowest BCUT2D eigenvalue weighted by Crippen LogP contribution is -2.66. The summed E-state index contributed by atoms with van der Waals surface area (Å²) in [6.07, 6.45) is 3.67. The van der Waals surface area contributed by atoms with Gasteiger partial charge in [-0.1, -0.05) is 6.07 Å². The van der Waals surface area contributed by atoms with Gasteiger partial charge in [-0.3, -0.25) is 4.79 Å². The highest BCUT2D eigenvalue weighted by atomic mass is 16.5. The molecule has 2 fully saturated rings. The van der Waals surface area contributed by atoms with Gasteiger partial charge in [0.05, 0.1) is 19.7 Å². The lowest BCUT2D eigenvalue weighted by Gasteiger charge is -2.50. The Kier molecular flexibility index (Phi) is 4.59. The highest BCUT2D eigenvalue weighted by molar-refractivity contribution is 5.78. The Morgan fingerprint density at radius 3 is 3.09 bits per heavy atom. The normalized spacial score (nSPS) is 22.6. The summed E-state index contributed by atoms with van der Waals surface area (Å²) in [5, 5.41) is 0. The van der Waals surface area contributed by atoms with Crippen LogP contribution in [0.5, 0.6) is 5.88 Å². The van der Waals surface area contributed by atoms with E-state index in [4.69, 9.17) is 14.2 Å². The van der Waals surface area contributed by atoms with Crippen LogP contribution in [-0.4, -0.2) is 61.4 Å². The number of pyridine rings is 1. The van der Waals surface area contributed by atoms with Crippen LogP contribution in [0.15, 0.2) is 24.4 Å². The minimum Gasteiger partial charge on any atom is -0.478 e. The number of hydrogen-bond acceptors (Lipinski definition) is 5. The molecule has 0 aromatic carbocycles. The molecule has 0 radical (unpaired) electrons. The Bertz CT molecular complexity index is 502. The molecule has 2 aliphatic heterocycles. The van der Waals surface area contributed by atoms with Crippen molar-refractivity contribution in [2.75, 3.05) is 40.0 Å². The first-order valence-electron chi connectivity index (χ1n) is 7.68. The van der Waals surface area contributed by atoms with E-state index in [9.17, 15) is 4.79 Å². The van der Waals surface area contributed by atoms with Gasteiger partial charge < -0.3 is 19.1 Å². The molecule has 0 bridgehead atoms. The summed E-state index contributed by atoms with van der Waals surface area (Å²) in [4.78, 5) is 17.7. The molecule has 0 aliphatic carbocycles. The van der Waals surface area contributed by atoms with E-state index in [1.807, 2.05) is 18.2 Å². The van der Waals surface area contributed by atoms with E-state index in [1.54, 1.807) is 11.1 Å². The number of ether oxygens (including phenoxy) is 3. The molecule has 22 heavy (non-hydrogen) atoms. The van der Waals surface area contributed by atoms with E-state index in [0.29, 0.717) is 31.5 Å². The zero-order valence-corrected chi connectivity index (χ0v) is 12.9. The second kappa shape index (κ2) is 6.62. The lowest BCUT2D eigenvalue weighted by atomic mass is 9.79. The number of carbonyl (C=O) groups excluding carboxylic acids is 1. The van der Waals surface area contributed by atoms with Gasteiger partial charge in [0.25, 0.3) is 0 Å². The summed E-state index contributed by atoms with van der Waals surface area (Å²) in [6, 6.07) is 5.63. The van der Waals surface area contributed by atoms with Gasteiger partial charge in [0.2, 0.25) is 11.8 Å². The van der Waals surface area contributed by atoms with Crippen molar-refractivity contribution in [3.8, 4) is 5.88 Å². The fourth-order valence-electron chi connectivity index (χ4n) is 3.27. The maximum atomic E-state index is 11.8. The predicted octanol–water partition coefficient (Wildman–Crippen LogP) is 1.11. The molecule has 2 aliphatic rings. The van der Waals surface area contributed by atoms with Crippen LogP contribution in [0.4, 0.5) is 0 Å². The van der Waals surface area contributed by atoms with E-state index in [-0.39, 0.29) is 18.1 Å². The first-order valence-corrected chi connectivity index (χ1v) is 7.68. The molecule has 1 aromatic heterocycles. The average Bonchev–Trinajstić information content (AvgIpc) is 2.91. The molecule has 0 saturated carbocycles. The molecule has 1 atom stereocenters. The summed E-state index contributed by atoms with van der Waals surface area (Å²) in [5.74, 6) is 1.12. The molecular weight excluding hydrogens is 284 g/mol. The van der Waals surface area contributed by atoms with E-state index >= 15 is 0 Å². The first-order chi connectivity index (χ1) is 10.7. The number of methoxy groups -OCH3 is 1.